The third-order valence-corrected chi connectivity index (χ3v) is 5.52. The standard InChI is InChI=1S/C23H20N4O3/c1-29-17-7-3-14(4-8-17)16-11-20-19(21(28)12-16)13-27-23(24-20)25-22(26-27)15-5-9-18(30-2)10-6-15/h3-10,13,16H,11-12H2,1-2H3/t16-/m0/s1. The Bertz CT molecular complexity index is 1230. The minimum absolute atomic E-state index is 0.0768. The number of hydrogen-bond donors (Lipinski definition) is 0. The summed E-state index contributed by atoms with van der Waals surface area (Å²) in [4.78, 5) is 22.1. The van der Waals surface area contributed by atoms with Crippen LogP contribution in [0.1, 0.15) is 34.0 Å². The predicted molar refractivity (Wildman–Crippen MR) is 111 cm³/mol. The number of benzene rings is 2. The van der Waals surface area contributed by atoms with Crippen molar-refractivity contribution in [2.24, 2.45) is 0 Å². The first-order valence-electron chi connectivity index (χ1n) is 9.72. The van der Waals surface area contributed by atoms with E-state index in [-0.39, 0.29) is 11.7 Å². The zero-order chi connectivity index (χ0) is 20.7. The van der Waals surface area contributed by atoms with Crippen LogP contribution in [0.25, 0.3) is 17.2 Å². The van der Waals surface area contributed by atoms with E-state index in [1.54, 1.807) is 24.9 Å². The molecule has 7 heteroatoms. The highest BCUT2D eigenvalue weighted by molar-refractivity contribution is 5.98. The van der Waals surface area contributed by atoms with E-state index in [0.29, 0.717) is 30.0 Å². The Balaban J connectivity index is 1.49. The van der Waals surface area contributed by atoms with Gasteiger partial charge in [0.1, 0.15) is 11.5 Å². The van der Waals surface area contributed by atoms with Crippen LogP contribution >= 0.6 is 0 Å². The lowest BCUT2D eigenvalue weighted by atomic mass is 9.82. The molecule has 1 atom stereocenters. The number of hydrogen-bond acceptors (Lipinski definition) is 6. The second kappa shape index (κ2) is 7.26. The first kappa shape index (κ1) is 18.3. The smallest absolute Gasteiger partial charge is 0.252 e. The van der Waals surface area contributed by atoms with Gasteiger partial charge in [0.25, 0.3) is 5.78 Å². The lowest BCUT2D eigenvalue weighted by molar-refractivity contribution is 0.0962. The highest BCUT2D eigenvalue weighted by Gasteiger charge is 2.28. The van der Waals surface area contributed by atoms with Gasteiger partial charge in [0, 0.05) is 18.2 Å². The second-order valence-electron chi connectivity index (χ2n) is 7.31. The van der Waals surface area contributed by atoms with E-state index in [1.807, 2.05) is 48.5 Å². The summed E-state index contributed by atoms with van der Waals surface area (Å²) < 4.78 is 12.0. The van der Waals surface area contributed by atoms with Gasteiger partial charge in [-0.05, 0) is 54.3 Å². The van der Waals surface area contributed by atoms with Crippen LogP contribution in [0.4, 0.5) is 0 Å². The van der Waals surface area contributed by atoms with Crippen molar-refractivity contribution in [3.63, 3.8) is 0 Å². The van der Waals surface area contributed by atoms with Crippen LogP contribution in [0, 0.1) is 0 Å². The average molecular weight is 400 g/mol. The van der Waals surface area contributed by atoms with Gasteiger partial charge in [-0.25, -0.2) is 9.50 Å². The Morgan fingerprint density at radius 3 is 2.23 bits per heavy atom. The van der Waals surface area contributed by atoms with Crippen LogP contribution in [0.2, 0.25) is 0 Å². The molecule has 0 aliphatic heterocycles. The number of aromatic nitrogens is 4. The van der Waals surface area contributed by atoms with E-state index in [9.17, 15) is 4.79 Å². The first-order valence-corrected chi connectivity index (χ1v) is 9.72. The monoisotopic (exact) mass is 400 g/mol. The molecule has 2 heterocycles. The van der Waals surface area contributed by atoms with E-state index >= 15 is 0 Å². The van der Waals surface area contributed by atoms with Crippen molar-refractivity contribution in [3.05, 3.63) is 71.5 Å². The molecule has 150 valence electrons. The molecule has 2 aromatic carbocycles. The van der Waals surface area contributed by atoms with E-state index in [1.165, 1.54) is 0 Å². The maximum atomic E-state index is 12.8. The third-order valence-electron chi connectivity index (χ3n) is 5.52. The first-order chi connectivity index (χ1) is 14.6. The zero-order valence-electron chi connectivity index (χ0n) is 16.7. The predicted octanol–water partition coefficient (Wildman–Crippen LogP) is 3.72. The molecule has 0 spiro atoms. The largest absolute Gasteiger partial charge is 0.497 e. The normalized spacial score (nSPS) is 15.8. The summed E-state index contributed by atoms with van der Waals surface area (Å²) in [7, 11) is 3.27. The fourth-order valence-corrected chi connectivity index (χ4v) is 3.86. The maximum Gasteiger partial charge on any atom is 0.252 e. The molecule has 0 saturated carbocycles. The molecule has 30 heavy (non-hydrogen) atoms. The minimum atomic E-state index is 0.0768. The molecule has 7 nitrogen and oxygen atoms in total. The van der Waals surface area contributed by atoms with Crippen LogP contribution < -0.4 is 9.47 Å². The minimum Gasteiger partial charge on any atom is -0.497 e. The van der Waals surface area contributed by atoms with E-state index in [2.05, 4.69) is 15.1 Å². The number of nitrogens with zero attached hydrogens (tertiary/aromatic N) is 4. The molecular weight excluding hydrogens is 380 g/mol. The Labute approximate surface area is 173 Å². The van der Waals surface area contributed by atoms with Crippen molar-refractivity contribution >= 4 is 11.6 Å². The van der Waals surface area contributed by atoms with Crippen LogP contribution in [0.5, 0.6) is 11.5 Å². The van der Waals surface area contributed by atoms with Gasteiger partial charge < -0.3 is 9.47 Å². The highest BCUT2D eigenvalue weighted by Crippen LogP contribution is 2.33. The fraction of sp³-hybridized carbons (Fsp3) is 0.217. The van der Waals surface area contributed by atoms with Crippen molar-refractivity contribution in [1.82, 2.24) is 19.6 Å². The molecular formula is C23H20N4O3. The van der Waals surface area contributed by atoms with Gasteiger partial charge in [0.15, 0.2) is 11.6 Å². The van der Waals surface area contributed by atoms with E-state index < -0.39 is 0 Å². The van der Waals surface area contributed by atoms with Gasteiger partial charge in [0.2, 0.25) is 0 Å². The van der Waals surface area contributed by atoms with Crippen molar-refractivity contribution in [2.75, 3.05) is 14.2 Å². The molecule has 1 aliphatic carbocycles. The molecule has 2 aromatic heterocycles. The lowest BCUT2D eigenvalue weighted by Gasteiger charge is -2.23. The Kier molecular flexibility index (Phi) is 4.43. The molecule has 0 saturated heterocycles. The molecule has 0 radical (unpaired) electrons. The quantitative estimate of drug-likeness (QED) is 0.520. The van der Waals surface area contributed by atoms with Gasteiger partial charge in [-0.1, -0.05) is 12.1 Å². The van der Waals surface area contributed by atoms with Crippen LogP contribution in [0.3, 0.4) is 0 Å². The summed E-state index contributed by atoms with van der Waals surface area (Å²) in [6, 6.07) is 15.4. The second-order valence-corrected chi connectivity index (χ2v) is 7.31. The lowest BCUT2D eigenvalue weighted by Crippen LogP contribution is -2.21. The third kappa shape index (κ3) is 3.18. The number of fused-ring (bicyclic) bond motifs is 2. The molecule has 4 aromatic rings. The number of ether oxygens (including phenoxy) is 2. The van der Waals surface area contributed by atoms with Gasteiger partial charge in [-0.15, -0.1) is 5.10 Å². The van der Waals surface area contributed by atoms with Crippen molar-refractivity contribution in [3.8, 4) is 22.9 Å². The van der Waals surface area contributed by atoms with Crippen molar-refractivity contribution in [2.45, 2.75) is 18.8 Å². The van der Waals surface area contributed by atoms with Crippen molar-refractivity contribution < 1.29 is 14.3 Å². The zero-order valence-corrected chi connectivity index (χ0v) is 16.7. The van der Waals surface area contributed by atoms with E-state index in [0.717, 1.165) is 28.3 Å². The Hall–Kier alpha value is -3.74. The SMILES string of the molecule is COc1ccc(-c2nc3nc4c(cn3n2)C(=O)C[C@@H](c2ccc(OC)cc2)C4)cc1. The molecule has 0 fully saturated rings. The molecule has 5 rings (SSSR count). The summed E-state index contributed by atoms with van der Waals surface area (Å²) in [5, 5.41) is 4.51. The number of methoxy groups -OCH3 is 2. The summed E-state index contributed by atoms with van der Waals surface area (Å²) in [6.07, 6.45) is 2.89. The molecule has 0 amide bonds. The number of rotatable bonds is 4. The van der Waals surface area contributed by atoms with Gasteiger partial charge in [-0.3, -0.25) is 4.79 Å². The topological polar surface area (TPSA) is 78.6 Å². The van der Waals surface area contributed by atoms with Crippen LogP contribution in [-0.4, -0.2) is 39.6 Å². The molecule has 0 unspecified atom stereocenters. The van der Waals surface area contributed by atoms with Crippen LogP contribution in [-0.2, 0) is 6.42 Å². The van der Waals surface area contributed by atoms with Gasteiger partial charge >= 0.3 is 0 Å². The van der Waals surface area contributed by atoms with Gasteiger partial charge in [0.05, 0.1) is 25.5 Å². The number of Topliss-reactive ketones (excluding diaryl/α,β-unsaturated/α-hetero) is 1. The summed E-state index contributed by atoms with van der Waals surface area (Å²) in [5.74, 6) is 2.79. The highest BCUT2D eigenvalue weighted by atomic mass is 16.5. The van der Waals surface area contributed by atoms with E-state index in [4.69, 9.17) is 9.47 Å². The maximum absolute atomic E-state index is 12.8. The van der Waals surface area contributed by atoms with Crippen molar-refractivity contribution in [1.29, 1.82) is 0 Å². The molecule has 1 aliphatic rings. The summed E-state index contributed by atoms with van der Waals surface area (Å²) >= 11 is 0. The number of ketones is 1. The summed E-state index contributed by atoms with van der Waals surface area (Å²) in [5.41, 5.74) is 3.37. The number of carbonyl (C=O) groups excluding carboxylic acids is 1. The summed E-state index contributed by atoms with van der Waals surface area (Å²) in [6.45, 7) is 0. The average Bonchev–Trinajstić information content (AvgIpc) is 3.21. The molecule has 0 N–H and O–H groups in total. The molecule has 0 bridgehead atoms. The number of carbonyl (C=O) groups is 1. The Morgan fingerprint density at radius 1 is 0.900 bits per heavy atom. The Morgan fingerprint density at radius 2 is 1.57 bits per heavy atom. The van der Waals surface area contributed by atoms with Gasteiger partial charge in [-0.2, -0.15) is 4.98 Å². The van der Waals surface area contributed by atoms with Crippen LogP contribution in [0.15, 0.2) is 54.7 Å². The fourth-order valence-electron chi connectivity index (χ4n) is 3.86.